The van der Waals surface area contributed by atoms with Crippen molar-refractivity contribution in [2.75, 3.05) is 14.2 Å². The van der Waals surface area contributed by atoms with Gasteiger partial charge in [0.1, 0.15) is 0 Å². The van der Waals surface area contributed by atoms with Crippen LogP contribution < -0.4 is 0 Å². The van der Waals surface area contributed by atoms with Crippen LogP contribution in [0, 0.1) is 0 Å². The maximum absolute atomic E-state index is 11.8. The molecule has 1 fully saturated rings. The van der Waals surface area contributed by atoms with Crippen LogP contribution in [-0.4, -0.2) is 26.3 Å². The van der Waals surface area contributed by atoms with Crippen molar-refractivity contribution in [2.24, 2.45) is 0 Å². The number of Topliss-reactive ketones (excluding diaryl/α,β-unsaturated/α-hetero) is 1. The topological polar surface area (TPSA) is 35.5 Å². The predicted octanol–water partition coefficient (Wildman–Crippen LogP) is 3.63. The minimum absolute atomic E-state index is 0.0860. The molecule has 3 nitrogen and oxygen atoms in total. The molecule has 18 heavy (non-hydrogen) atoms. The number of unbranched alkanes of at least 4 members (excludes halogenated alkanes) is 2. The summed E-state index contributed by atoms with van der Waals surface area (Å²) in [7, 11) is 3.33. The summed E-state index contributed by atoms with van der Waals surface area (Å²) in [5.41, 5.74) is 1.07. The average Bonchev–Trinajstić information content (AvgIpc) is 2.59. The van der Waals surface area contributed by atoms with E-state index in [4.69, 9.17) is 9.47 Å². The lowest BCUT2D eigenvalue weighted by molar-refractivity contribution is -0.115. The molecule has 0 amide bonds. The fourth-order valence-electron chi connectivity index (χ4n) is 2.36. The fourth-order valence-corrected chi connectivity index (χ4v) is 2.36. The molecule has 0 spiro atoms. The molecule has 0 aliphatic heterocycles. The molecule has 0 aromatic carbocycles. The number of hydrogen-bond acceptors (Lipinski definition) is 3. The van der Waals surface area contributed by atoms with Crippen LogP contribution in [0.3, 0.4) is 0 Å². The molecular weight excluding hydrogens is 228 g/mol. The quantitative estimate of drug-likeness (QED) is 0.301. The summed E-state index contributed by atoms with van der Waals surface area (Å²) in [6.07, 6.45) is 11.3. The van der Waals surface area contributed by atoms with Crippen LogP contribution in [0.4, 0.5) is 0 Å². The van der Waals surface area contributed by atoms with Crippen molar-refractivity contribution < 1.29 is 14.3 Å². The molecule has 0 aromatic rings. The van der Waals surface area contributed by atoms with Gasteiger partial charge in [0, 0.05) is 20.6 Å². The van der Waals surface area contributed by atoms with Gasteiger partial charge in [0.15, 0.2) is 12.1 Å². The van der Waals surface area contributed by atoms with Crippen molar-refractivity contribution in [3.8, 4) is 0 Å². The summed E-state index contributed by atoms with van der Waals surface area (Å²) in [5.74, 6) is 0.374. The van der Waals surface area contributed by atoms with E-state index in [9.17, 15) is 4.79 Å². The molecule has 104 valence electrons. The third-order valence-electron chi connectivity index (χ3n) is 3.52. The first kappa shape index (κ1) is 15.4. The van der Waals surface area contributed by atoms with Gasteiger partial charge in [-0.2, -0.15) is 0 Å². The zero-order chi connectivity index (χ0) is 13.2. The van der Waals surface area contributed by atoms with Gasteiger partial charge in [-0.05, 0) is 50.5 Å². The van der Waals surface area contributed by atoms with E-state index in [1.165, 1.54) is 12.8 Å². The number of ether oxygens (including phenoxy) is 2. The van der Waals surface area contributed by atoms with E-state index in [1.807, 2.05) is 0 Å². The summed E-state index contributed by atoms with van der Waals surface area (Å²) in [4.78, 5) is 11.8. The van der Waals surface area contributed by atoms with E-state index in [0.29, 0.717) is 5.78 Å². The van der Waals surface area contributed by atoms with E-state index in [0.717, 1.165) is 50.5 Å². The van der Waals surface area contributed by atoms with Crippen LogP contribution in [-0.2, 0) is 14.3 Å². The van der Waals surface area contributed by atoms with Gasteiger partial charge >= 0.3 is 0 Å². The maximum Gasteiger partial charge on any atom is 0.158 e. The standard InChI is InChI=1S/C15H26O3/c1-17-15(18-2)12-8-4-6-10-13-9-5-3-7-11-14(13)16/h10,15H,3-9,11-12H2,1-2H3/b13-10-. The Morgan fingerprint density at radius 3 is 2.56 bits per heavy atom. The van der Waals surface area contributed by atoms with E-state index < -0.39 is 0 Å². The minimum Gasteiger partial charge on any atom is -0.356 e. The molecule has 0 bridgehead atoms. The molecule has 0 heterocycles. The minimum atomic E-state index is -0.0860. The van der Waals surface area contributed by atoms with Gasteiger partial charge in [0.2, 0.25) is 0 Å². The molecule has 0 radical (unpaired) electrons. The van der Waals surface area contributed by atoms with Gasteiger partial charge in [0.05, 0.1) is 0 Å². The molecule has 0 aromatic heterocycles. The number of methoxy groups -OCH3 is 2. The Morgan fingerprint density at radius 1 is 1.11 bits per heavy atom. The second-order valence-corrected chi connectivity index (χ2v) is 4.90. The highest BCUT2D eigenvalue weighted by atomic mass is 16.7. The van der Waals surface area contributed by atoms with Crippen LogP contribution >= 0.6 is 0 Å². The van der Waals surface area contributed by atoms with Crippen LogP contribution in [0.1, 0.15) is 57.8 Å². The Labute approximate surface area is 111 Å². The van der Waals surface area contributed by atoms with Crippen LogP contribution in [0.25, 0.3) is 0 Å². The molecule has 3 heteroatoms. The van der Waals surface area contributed by atoms with E-state index in [1.54, 1.807) is 14.2 Å². The van der Waals surface area contributed by atoms with Crippen molar-refractivity contribution in [2.45, 2.75) is 64.1 Å². The van der Waals surface area contributed by atoms with Gasteiger partial charge in [-0.1, -0.05) is 12.5 Å². The number of carbonyl (C=O) groups excluding carboxylic acids is 1. The lowest BCUT2D eigenvalue weighted by atomic mass is 10.0. The number of ketones is 1. The van der Waals surface area contributed by atoms with Crippen molar-refractivity contribution in [3.63, 3.8) is 0 Å². The molecule has 1 aliphatic rings. The molecular formula is C15H26O3. The zero-order valence-corrected chi connectivity index (χ0v) is 11.7. The van der Waals surface area contributed by atoms with Crippen molar-refractivity contribution in [1.29, 1.82) is 0 Å². The molecule has 0 unspecified atom stereocenters. The Bertz CT molecular complexity index is 267. The summed E-state index contributed by atoms with van der Waals surface area (Å²) in [6.45, 7) is 0. The maximum atomic E-state index is 11.8. The molecule has 1 saturated carbocycles. The summed E-state index contributed by atoms with van der Waals surface area (Å²) in [5, 5.41) is 0. The normalized spacial score (nSPS) is 19.5. The summed E-state index contributed by atoms with van der Waals surface area (Å²) >= 11 is 0. The van der Waals surface area contributed by atoms with Gasteiger partial charge in [-0.25, -0.2) is 0 Å². The Morgan fingerprint density at radius 2 is 1.83 bits per heavy atom. The van der Waals surface area contributed by atoms with Crippen molar-refractivity contribution in [3.05, 3.63) is 11.6 Å². The van der Waals surface area contributed by atoms with Gasteiger partial charge < -0.3 is 9.47 Å². The van der Waals surface area contributed by atoms with Crippen molar-refractivity contribution >= 4 is 5.78 Å². The highest BCUT2D eigenvalue weighted by Gasteiger charge is 2.12. The van der Waals surface area contributed by atoms with Gasteiger partial charge in [0.25, 0.3) is 0 Å². The highest BCUT2D eigenvalue weighted by Crippen LogP contribution is 2.20. The SMILES string of the molecule is COC(CCCC/C=C1/CCCCCC1=O)OC. The fraction of sp³-hybridized carbons (Fsp3) is 0.800. The molecule has 1 aliphatic carbocycles. The predicted molar refractivity (Wildman–Crippen MR) is 72.4 cm³/mol. The van der Waals surface area contributed by atoms with E-state index >= 15 is 0 Å². The Balaban J connectivity index is 2.20. The lowest BCUT2D eigenvalue weighted by Gasteiger charge is -2.12. The average molecular weight is 254 g/mol. The Kier molecular flexibility index (Phi) is 7.94. The molecule has 1 rings (SSSR count). The third kappa shape index (κ3) is 5.78. The second kappa shape index (κ2) is 9.29. The van der Waals surface area contributed by atoms with Gasteiger partial charge in [-0.3, -0.25) is 4.79 Å². The van der Waals surface area contributed by atoms with Crippen LogP contribution in [0.2, 0.25) is 0 Å². The number of allylic oxidation sites excluding steroid dienone is 2. The van der Waals surface area contributed by atoms with Crippen LogP contribution in [0.15, 0.2) is 11.6 Å². The first-order valence-corrected chi connectivity index (χ1v) is 7.05. The number of rotatable bonds is 7. The summed E-state index contributed by atoms with van der Waals surface area (Å²) in [6, 6.07) is 0. The van der Waals surface area contributed by atoms with Crippen LogP contribution in [0.5, 0.6) is 0 Å². The summed E-state index contributed by atoms with van der Waals surface area (Å²) < 4.78 is 10.3. The first-order valence-electron chi connectivity index (χ1n) is 7.05. The molecule has 0 N–H and O–H groups in total. The highest BCUT2D eigenvalue weighted by molar-refractivity contribution is 5.95. The van der Waals surface area contributed by atoms with E-state index in [2.05, 4.69) is 6.08 Å². The third-order valence-corrected chi connectivity index (χ3v) is 3.52. The smallest absolute Gasteiger partial charge is 0.158 e. The Hall–Kier alpha value is -0.670. The number of carbonyl (C=O) groups is 1. The molecule has 0 saturated heterocycles. The van der Waals surface area contributed by atoms with Gasteiger partial charge in [-0.15, -0.1) is 0 Å². The largest absolute Gasteiger partial charge is 0.356 e. The van der Waals surface area contributed by atoms with Crippen molar-refractivity contribution in [1.82, 2.24) is 0 Å². The first-order chi connectivity index (χ1) is 8.77. The zero-order valence-electron chi connectivity index (χ0n) is 11.7. The second-order valence-electron chi connectivity index (χ2n) is 4.90. The van der Waals surface area contributed by atoms with E-state index in [-0.39, 0.29) is 6.29 Å². The number of hydrogen-bond donors (Lipinski definition) is 0. The monoisotopic (exact) mass is 254 g/mol. The lowest BCUT2D eigenvalue weighted by Crippen LogP contribution is -2.12. The molecule has 0 atom stereocenters.